The molecule has 0 amide bonds. The van der Waals surface area contributed by atoms with E-state index in [-0.39, 0.29) is 11.5 Å². The van der Waals surface area contributed by atoms with Crippen LogP contribution in [0.25, 0.3) is 22.4 Å². The smallest absolute Gasteiger partial charge is 0.333 e. The quantitative estimate of drug-likeness (QED) is 0.413. The summed E-state index contributed by atoms with van der Waals surface area (Å²) < 4.78 is 3.02. The van der Waals surface area contributed by atoms with Crippen molar-refractivity contribution in [3.05, 3.63) is 135 Å². The molecule has 1 aliphatic carbocycles. The Kier molecular flexibility index (Phi) is 4.73. The Morgan fingerprint density at radius 3 is 2.38 bits per heavy atom. The summed E-state index contributed by atoms with van der Waals surface area (Å²) in [6.45, 7) is 0. The molecular formula is C27H21N5O2. The van der Waals surface area contributed by atoms with Crippen LogP contribution in [0.1, 0.15) is 22.7 Å². The summed E-state index contributed by atoms with van der Waals surface area (Å²) in [6.07, 6.45) is 9.85. The van der Waals surface area contributed by atoms with Gasteiger partial charge in [-0.05, 0) is 47.9 Å². The lowest BCUT2D eigenvalue weighted by molar-refractivity contribution is 0.782. The molecule has 1 atom stereocenters. The van der Waals surface area contributed by atoms with Crippen LogP contribution in [0.15, 0.2) is 107 Å². The van der Waals surface area contributed by atoms with E-state index in [4.69, 9.17) is 0 Å². The molecule has 34 heavy (non-hydrogen) atoms. The van der Waals surface area contributed by atoms with Crippen LogP contribution in [0.3, 0.4) is 0 Å². The molecule has 3 heterocycles. The molecule has 0 spiro atoms. The molecule has 2 N–H and O–H groups in total. The summed E-state index contributed by atoms with van der Waals surface area (Å²) >= 11 is 0. The van der Waals surface area contributed by atoms with E-state index in [1.54, 1.807) is 18.2 Å². The second-order valence-corrected chi connectivity index (χ2v) is 8.33. The first-order chi connectivity index (χ1) is 16.7. The zero-order valence-electron chi connectivity index (χ0n) is 18.2. The molecule has 0 aliphatic heterocycles. The van der Waals surface area contributed by atoms with Crippen molar-refractivity contribution in [2.45, 2.75) is 12.3 Å². The fraction of sp³-hybridized carbons (Fsp3) is 0.0741. The molecule has 166 valence electrons. The van der Waals surface area contributed by atoms with Gasteiger partial charge in [0, 0.05) is 17.8 Å². The molecular weight excluding hydrogens is 426 g/mol. The predicted octanol–water partition coefficient (Wildman–Crippen LogP) is 3.99. The summed E-state index contributed by atoms with van der Waals surface area (Å²) in [5.41, 5.74) is 4.69. The average Bonchev–Trinajstić information content (AvgIpc) is 3.47. The number of allylic oxidation sites excluding steroid dienone is 4. The van der Waals surface area contributed by atoms with Gasteiger partial charge in [-0.3, -0.25) is 4.79 Å². The van der Waals surface area contributed by atoms with Gasteiger partial charge >= 0.3 is 5.69 Å². The third kappa shape index (κ3) is 3.44. The van der Waals surface area contributed by atoms with Crippen LogP contribution in [0.4, 0.5) is 0 Å². The van der Waals surface area contributed by atoms with Crippen molar-refractivity contribution >= 4 is 16.7 Å². The lowest BCUT2D eigenvalue weighted by Gasteiger charge is -2.15. The van der Waals surface area contributed by atoms with Gasteiger partial charge in [0.05, 0.1) is 23.1 Å². The third-order valence-corrected chi connectivity index (χ3v) is 6.17. The van der Waals surface area contributed by atoms with E-state index in [2.05, 4.69) is 27.2 Å². The largest absolute Gasteiger partial charge is 0.352 e. The Morgan fingerprint density at radius 2 is 1.68 bits per heavy atom. The number of H-pyrrole nitrogens is 2. The molecule has 7 nitrogen and oxygen atoms in total. The Hall–Kier alpha value is -4.65. The lowest BCUT2D eigenvalue weighted by atomic mass is 9.90. The summed E-state index contributed by atoms with van der Waals surface area (Å²) in [5.74, 6) is -0.0545. The topological polar surface area (TPSA) is 88.5 Å². The standard InChI is InChI=1S/C27H21N5O2/c33-26-25-24(30-27(34)32(26)21-12-7-13-21)15-23(29-25)22(19-8-3-1-4-9-19)14-18-16-28-31(17-18)20-10-5-2-6-11-20/h1-13,15-17,22,29H,14H2,(H,30,34). The Morgan fingerprint density at radius 1 is 0.941 bits per heavy atom. The van der Waals surface area contributed by atoms with E-state index in [0.717, 1.165) is 27.1 Å². The third-order valence-electron chi connectivity index (χ3n) is 6.17. The molecule has 0 fully saturated rings. The number of nitrogens with one attached hydrogen (secondary N) is 2. The summed E-state index contributed by atoms with van der Waals surface area (Å²) in [6, 6.07) is 22.0. The predicted molar refractivity (Wildman–Crippen MR) is 132 cm³/mol. The number of para-hydroxylation sites is 1. The maximum absolute atomic E-state index is 13.1. The highest BCUT2D eigenvalue weighted by molar-refractivity contribution is 5.77. The molecule has 7 heteroatoms. The highest BCUT2D eigenvalue weighted by Gasteiger charge is 2.21. The van der Waals surface area contributed by atoms with Crippen LogP contribution in [0.5, 0.6) is 0 Å². The second-order valence-electron chi connectivity index (χ2n) is 8.33. The average molecular weight is 447 g/mol. The van der Waals surface area contributed by atoms with Crippen LogP contribution in [0.2, 0.25) is 0 Å². The monoisotopic (exact) mass is 447 g/mol. The van der Waals surface area contributed by atoms with Crippen molar-refractivity contribution in [3.63, 3.8) is 0 Å². The summed E-state index contributed by atoms with van der Waals surface area (Å²) in [7, 11) is 0. The van der Waals surface area contributed by atoms with Crippen LogP contribution < -0.4 is 11.2 Å². The van der Waals surface area contributed by atoms with E-state index in [1.807, 2.05) is 71.7 Å². The van der Waals surface area contributed by atoms with Gasteiger partial charge in [-0.25, -0.2) is 14.0 Å². The van der Waals surface area contributed by atoms with Gasteiger partial charge in [0.2, 0.25) is 0 Å². The van der Waals surface area contributed by atoms with Crippen molar-refractivity contribution in [1.29, 1.82) is 0 Å². The van der Waals surface area contributed by atoms with Gasteiger partial charge in [-0.2, -0.15) is 5.10 Å². The van der Waals surface area contributed by atoms with E-state index in [9.17, 15) is 9.59 Å². The molecule has 1 unspecified atom stereocenters. The number of aromatic amines is 2. The normalized spacial score (nSPS) is 13.6. The van der Waals surface area contributed by atoms with E-state index < -0.39 is 5.69 Å². The molecule has 0 bridgehead atoms. The van der Waals surface area contributed by atoms with Gasteiger partial charge < -0.3 is 9.97 Å². The van der Waals surface area contributed by atoms with Gasteiger partial charge in [-0.15, -0.1) is 0 Å². The molecule has 2 aromatic carbocycles. The summed E-state index contributed by atoms with van der Waals surface area (Å²) in [4.78, 5) is 31.8. The minimum atomic E-state index is -0.445. The first-order valence-electron chi connectivity index (χ1n) is 11.1. The van der Waals surface area contributed by atoms with Gasteiger partial charge in [0.15, 0.2) is 0 Å². The Bertz CT molecular complexity index is 1670. The van der Waals surface area contributed by atoms with Crippen molar-refractivity contribution in [2.24, 2.45) is 0 Å². The zero-order chi connectivity index (χ0) is 23.1. The number of hydrogen-bond donors (Lipinski definition) is 2. The molecule has 0 saturated carbocycles. The van der Waals surface area contributed by atoms with Crippen LogP contribution >= 0.6 is 0 Å². The lowest BCUT2D eigenvalue weighted by Crippen LogP contribution is -2.34. The number of aromatic nitrogens is 5. The van der Waals surface area contributed by atoms with Gasteiger partial charge in [0.25, 0.3) is 5.56 Å². The van der Waals surface area contributed by atoms with E-state index in [1.165, 1.54) is 0 Å². The van der Waals surface area contributed by atoms with Crippen molar-refractivity contribution in [2.75, 3.05) is 0 Å². The number of nitrogens with zero attached hydrogens (tertiary/aromatic N) is 3. The van der Waals surface area contributed by atoms with Crippen LogP contribution in [-0.2, 0) is 6.42 Å². The summed E-state index contributed by atoms with van der Waals surface area (Å²) in [5, 5.41) is 4.54. The highest BCUT2D eigenvalue weighted by Crippen LogP contribution is 2.29. The zero-order valence-corrected chi connectivity index (χ0v) is 18.2. The second kappa shape index (κ2) is 8.04. The number of hydrogen-bond acceptors (Lipinski definition) is 3. The van der Waals surface area contributed by atoms with Crippen molar-refractivity contribution < 1.29 is 0 Å². The highest BCUT2D eigenvalue weighted by atomic mass is 16.2. The first kappa shape index (κ1) is 20.0. The molecule has 3 aromatic heterocycles. The van der Waals surface area contributed by atoms with E-state index >= 15 is 0 Å². The number of rotatable bonds is 6. The van der Waals surface area contributed by atoms with Gasteiger partial charge in [-0.1, -0.05) is 54.6 Å². The first-order valence-corrected chi connectivity index (χ1v) is 11.1. The molecule has 0 radical (unpaired) electrons. The fourth-order valence-corrected chi connectivity index (χ4v) is 4.39. The maximum Gasteiger partial charge on any atom is 0.333 e. The molecule has 1 aliphatic rings. The van der Waals surface area contributed by atoms with Gasteiger partial charge in [0.1, 0.15) is 5.52 Å². The van der Waals surface area contributed by atoms with Crippen LogP contribution in [-0.4, -0.2) is 24.3 Å². The SMILES string of the molecule is O=c1[nH]c2cc(C(Cc3cnn(-c4ccccc4)c3)c3ccccc3)[nH]c2c(=O)n1C1=CC=C1. The Balaban J connectivity index is 1.42. The molecule has 5 aromatic rings. The minimum absolute atomic E-state index is 0.0545. The van der Waals surface area contributed by atoms with E-state index in [0.29, 0.717) is 23.2 Å². The maximum atomic E-state index is 13.1. The minimum Gasteiger partial charge on any atom is -0.352 e. The fourth-order valence-electron chi connectivity index (χ4n) is 4.39. The number of fused-ring (bicyclic) bond motifs is 1. The molecule has 6 rings (SSSR count). The Labute approximate surface area is 194 Å². The molecule has 0 saturated heterocycles. The number of benzene rings is 2. The van der Waals surface area contributed by atoms with Crippen LogP contribution in [0, 0.1) is 0 Å². The van der Waals surface area contributed by atoms with Crippen molar-refractivity contribution in [1.82, 2.24) is 24.3 Å². The van der Waals surface area contributed by atoms with Crippen molar-refractivity contribution in [3.8, 4) is 5.69 Å².